The molecule has 1 heterocycles. The Balaban J connectivity index is 1.88. The molecule has 188 valence electrons. The Morgan fingerprint density at radius 1 is 1.03 bits per heavy atom. The van der Waals surface area contributed by atoms with Crippen molar-refractivity contribution < 1.29 is 23.9 Å². The van der Waals surface area contributed by atoms with Gasteiger partial charge in [-0.3, -0.25) is 9.59 Å². The summed E-state index contributed by atoms with van der Waals surface area (Å²) in [5, 5.41) is 5.52. The zero-order valence-corrected chi connectivity index (χ0v) is 20.9. The van der Waals surface area contributed by atoms with Crippen LogP contribution in [0.15, 0.2) is 48.5 Å². The number of carbonyl (C=O) groups is 3. The van der Waals surface area contributed by atoms with E-state index in [9.17, 15) is 14.4 Å². The Morgan fingerprint density at radius 3 is 2.37 bits per heavy atom. The normalized spacial score (nSPS) is 21.2. The maximum atomic E-state index is 13.4. The van der Waals surface area contributed by atoms with Gasteiger partial charge in [0.05, 0.1) is 17.7 Å². The zero-order chi connectivity index (χ0) is 25.5. The van der Waals surface area contributed by atoms with Gasteiger partial charge in [-0.1, -0.05) is 25.1 Å². The van der Waals surface area contributed by atoms with Crippen molar-refractivity contribution in [3.63, 3.8) is 0 Å². The molecule has 0 bridgehead atoms. The minimum absolute atomic E-state index is 0.00446. The molecule has 3 rings (SSSR count). The highest BCUT2D eigenvalue weighted by Gasteiger charge is 2.29. The third kappa shape index (κ3) is 6.73. The molecule has 0 saturated heterocycles. The minimum Gasteiger partial charge on any atom is -0.491 e. The fraction of sp³-hybridized carbons (Fsp3) is 0.423. The number of anilines is 2. The van der Waals surface area contributed by atoms with Crippen molar-refractivity contribution in [1.82, 2.24) is 9.80 Å². The van der Waals surface area contributed by atoms with Crippen LogP contribution in [0.25, 0.3) is 0 Å². The van der Waals surface area contributed by atoms with Crippen molar-refractivity contribution in [3.05, 3.63) is 54.1 Å². The Hall–Kier alpha value is -3.59. The first kappa shape index (κ1) is 26.0. The summed E-state index contributed by atoms with van der Waals surface area (Å²) in [7, 11) is 3.31. The molecule has 9 heteroatoms. The fourth-order valence-electron chi connectivity index (χ4n) is 4.11. The molecule has 0 aromatic heterocycles. The van der Waals surface area contributed by atoms with E-state index in [1.54, 1.807) is 61.2 Å². The second-order valence-corrected chi connectivity index (χ2v) is 8.92. The maximum Gasteiger partial charge on any atom is 0.323 e. The molecule has 9 nitrogen and oxygen atoms in total. The SMILES string of the molecule is CO[C@H]1CN(C)C(=O)c2cc(NC(=O)Nc3ccccc3)ccc2OC[C@H](C)N(C(C)=O)C[C@H]1C. The lowest BCUT2D eigenvalue weighted by Gasteiger charge is -2.35. The lowest BCUT2D eigenvalue weighted by molar-refractivity contribution is -0.133. The van der Waals surface area contributed by atoms with Gasteiger partial charge in [-0.2, -0.15) is 0 Å². The fourth-order valence-corrected chi connectivity index (χ4v) is 4.11. The van der Waals surface area contributed by atoms with Gasteiger partial charge >= 0.3 is 6.03 Å². The lowest BCUT2D eigenvalue weighted by atomic mass is 10.0. The Morgan fingerprint density at radius 2 is 1.71 bits per heavy atom. The molecule has 4 amide bonds. The molecule has 2 aromatic carbocycles. The van der Waals surface area contributed by atoms with Crippen LogP contribution in [0, 0.1) is 5.92 Å². The van der Waals surface area contributed by atoms with Gasteiger partial charge in [0, 0.05) is 51.5 Å². The molecule has 3 atom stereocenters. The topological polar surface area (TPSA) is 100 Å². The van der Waals surface area contributed by atoms with Gasteiger partial charge in [-0.15, -0.1) is 0 Å². The number of nitrogens with zero attached hydrogens (tertiary/aromatic N) is 2. The molecule has 0 aliphatic carbocycles. The molecule has 35 heavy (non-hydrogen) atoms. The van der Waals surface area contributed by atoms with E-state index in [1.807, 2.05) is 32.0 Å². The largest absolute Gasteiger partial charge is 0.491 e. The molecule has 1 aliphatic rings. The van der Waals surface area contributed by atoms with Gasteiger partial charge in [0.2, 0.25) is 5.91 Å². The van der Waals surface area contributed by atoms with Crippen LogP contribution in [0.4, 0.5) is 16.2 Å². The molecular weight excluding hydrogens is 448 g/mol. The Kier molecular flexibility index (Phi) is 8.70. The van der Waals surface area contributed by atoms with E-state index in [4.69, 9.17) is 9.47 Å². The van der Waals surface area contributed by atoms with E-state index >= 15 is 0 Å². The van der Waals surface area contributed by atoms with Gasteiger partial charge in [-0.05, 0) is 37.3 Å². The van der Waals surface area contributed by atoms with Gasteiger partial charge in [0.1, 0.15) is 12.4 Å². The lowest BCUT2D eigenvalue weighted by Crippen LogP contribution is -2.48. The molecule has 0 radical (unpaired) electrons. The number of amides is 4. The van der Waals surface area contributed by atoms with Crippen LogP contribution in [0.2, 0.25) is 0 Å². The van der Waals surface area contributed by atoms with Crippen LogP contribution in [-0.4, -0.2) is 73.6 Å². The van der Waals surface area contributed by atoms with E-state index in [1.165, 1.54) is 0 Å². The monoisotopic (exact) mass is 482 g/mol. The second kappa shape index (κ2) is 11.7. The number of ether oxygens (including phenoxy) is 2. The van der Waals surface area contributed by atoms with E-state index < -0.39 is 6.03 Å². The number of carbonyl (C=O) groups excluding carboxylic acids is 3. The van der Waals surface area contributed by atoms with Crippen LogP contribution in [0.5, 0.6) is 5.75 Å². The molecular formula is C26H34N4O5. The number of nitrogens with one attached hydrogen (secondary N) is 2. The predicted octanol–water partition coefficient (Wildman–Crippen LogP) is 3.68. The average molecular weight is 483 g/mol. The first-order valence-electron chi connectivity index (χ1n) is 11.6. The number of likely N-dealkylation sites (N-methyl/N-ethyl adjacent to an activating group) is 1. The number of rotatable bonds is 3. The summed E-state index contributed by atoms with van der Waals surface area (Å²) in [6.07, 6.45) is -0.264. The maximum absolute atomic E-state index is 13.4. The summed E-state index contributed by atoms with van der Waals surface area (Å²) in [6, 6.07) is 13.4. The second-order valence-electron chi connectivity index (χ2n) is 8.92. The van der Waals surface area contributed by atoms with Crippen molar-refractivity contribution in [2.24, 2.45) is 5.92 Å². The number of para-hydroxylation sites is 1. The highest BCUT2D eigenvalue weighted by molar-refractivity contribution is 6.02. The quantitative estimate of drug-likeness (QED) is 0.695. The summed E-state index contributed by atoms with van der Waals surface area (Å²) >= 11 is 0. The van der Waals surface area contributed by atoms with Crippen molar-refractivity contribution in [3.8, 4) is 5.75 Å². The van der Waals surface area contributed by atoms with Crippen LogP contribution in [-0.2, 0) is 9.53 Å². The van der Waals surface area contributed by atoms with Crippen LogP contribution >= 0.6 is 0 Å². The van der Waals surface area contributed by atoms with Gasteiger partial charge in [0.15, 0.2) is 0 Å². The van der Waals surface area contributed by atoms with E-state index in [2.05, 4.69) is 10.6 Å². The number of urea groups is 1. The summed E-state index contributed by atoms with van der Waals surface area (Å²) in [6.45, 7) is 6.51. The summed E-state index contributed by atoms with van der Waals surface area (Å²) in [5.41, 5.74) is 1.42. The van der Waals surface area contributed by atoms with Gasteiger partial charge in [-0.25, -0.2) is 4.79 Å². The van der Waals surface area contributed by atoms with Crippen molar-refractivity contribution in [1.29, 1.82) is 0 Å². The van der Waals surface area contributed by atoms with E-state index in [0.717, 1.165) is 0 Å². The molecule has 2 N–H and O–H groups in total. The smallest absolute Gasteiger partial charge is 0.323 e. The standard InChI is InChI=1S/C26H34N4O5/c1-17-14-30(19(3)31)18(2)16-35-23-12-11-21(28-26(33)27-20-9-7-6-8-10-20)13-22(23)25(32)29(4)15-24(17)34-5/h6-13,17-18,24H,14-16H2,1-5H3,(H2,27,28,33)/t17-,18+,24+/m1/s1. The van der Waals surface area contributed by atoms with Crippen LogP contribution in [0.3, 0.4) is 0 Å². The summed E-state index contributed by atoms with van der Waals surface area (Å²) in [5.74, 6) is 0.0792. The van der Waals surface area contributed by atoms with Crippen LogP contribution in [0.1, 0.15) is 31.1 Å². The number of benzene rings is 2. The molecule has 0 saturated carbocycles. The van der Waals surface area contributed by atoms with Gasteiger partial charge < -0.3 is 29.9 Å². The number of hydrogen-bond acceptors (Lipinski definition) is 5. The number of fused-ring (bicyclic) bond motifs is 1. The third-order valence-corrected chi connectivity index (χ3v) is 6.14. The summed E-state index contributed by atoms with van der Waals surface area (Å²) in [4.78, 5) is 41.5. The zero-order valence-electron chi connectivity index (χ0n) is 20.9. The molecule has 0 spiro atoms. The Labute approximate surface area is 206 Å². The highest BCUT2D eigenvalue weighted by Crippen LogP contribution is 2.26. The predicted molar refractivity (Wildman–Crippen MR) is 135 cm³/mol. The van der Waals surface area contributed by atoms with Crippen molar-refractivity contribution in [2.45, 2.75) is 32.9 Å². The van der Waals surface area contributed by atoms with Gasteiger partial charge in [0.25, 0.3) is 5.91 Å². The first-order valence-corrected chi connectivity index (χ1v) is 11.6. The average Bonchev–Trinajstić information content (AvgIpc) is 2.83. The molecule has 0 fully saturated rings. The summed E-state index contributed by atoms with van der Waals surface area (Å²) < 4.78 is 11.7. The molecule has 1 aliphatic heterocycles. The highest BCUT2D eigenvalue weighted by atomic mass is 16.5. The number of hydrogen-bond donors (Lipinski definition) is 2. The van der Waals surface area contributed by atoms with Crippen molar-refractivity contribution in [2.75, 3.05) is 44.5 Å². The molecule has 2 aromatic rings. The van der Waals surface area contributed by atoms with Crippen molar-refractivity contribution >= 4 is 29.2 Å². The first-order chi connectivity index (χ1) is 16.7. The number of methoxy groups -OCH3 is 1. The third-order valence-electron chi connectivity index (χ3n) is 6.14. The van der Waals surface area contributed by atoms with Crippen LogP contribution < -0.4 is 15.4 Å². The Bertz CT molecular complexity index is 1050. The van der Waals surface area contributed by atoms with E-state index in [0.29, 0.717) is 35.8 Å². The molecule has 0 unspecified atom stereocenters. The van der Waals surface area contributed by atoms with E-state index in [-0.39, 0.29) is 36.5 Å². The minimum atomic E-state index is -0.426.